The van der Waals surface area contributed by atoms with Gasteiger partial charge in [0, 0.05) is 0 Å². The van der Waals surface area contributed by atoms with Crippen LogP contribution >= 0.6 is 11.6 Å². The fourth-order valence-electron chi connectivity index (χ4n) is 2.50. The van der Waals surface area contributed by atoms with Crippen LogP contribution in [0.3, 0.4) is 0 Å². The largest absolute Gasteiger partial charge is 0.414 e. The lowest BCUT2D eigenvalue weighted by molar-refractivity contribution is 0.582. The smallest absolute Gasteiger partial charge is 0.269 e. The van der Waals surface area contributed by atoms with E-state index < -0.39 is 10.0 Å². The molecule has 0 unspecified atom stereocenters. The molecule has 27 heavy (non-hydrogen) atoms. The highest BCUT2D eigenvalue weighted by Crippen LogP contribution is 2.31. The Kier molecular flexibility index (Phi) is 4.25. The summed E-state index contributed by atoms with van der Waals surface area (Å²) < 4.78 is 31.3. The zero-order valence-corrected chi connectivity index (χ0v) is 15.5. The van der Waals surface area contributed by atoms with Gasteiger partial charge in [-0.3, -0.25) is 4.72 Å². The molecule has 0 amide bonds. The number of hydrogen-bond donors (Lipinski definition) is 1. The Balaban J connectivity index is 1.78. The lowest BCUT2D eigenvalue weighted by Gasteiger charge is -2.07. The molecule has 10 heteroatoms. The second kappa shape index (κ2) is 6.60. The molecule has 4 rings (SSSR count). The van der Waals surface area contributed by atoms with Gasteiger partial charge in [0.05, 0.1) is 28.5 Å². The lowest BCUT2D eigenvalue weighted by Crippen LogP contribution is -2.10. The average Bonchev–Trinajstić information content (AvgIpc) is 3.10. The molecule has 2 aromatic carbocycles. The average molecular weight is 402 g/mol. The minimum absolute atomic E-state index is 0.0856. The van der Waals surface area contributed by atoms with Crippen molar-refractivity contribution in [2.75, 3.05) is 11.0 Å². The number of aromatic nitrogens is 4. The van der Waals surface area contributed by atoms with Gasteiger partial charge in [-0.2, -0.15) is 0 Å². The highest BCUT2D eigenvalue weighted by atomic mass is 35.5. The van der Waals surface area contributed by atoms with Crippen molar-refractivity contribution in [3.63, 3.8) is 0 Å². The van der Waals surface area contributed by atoms with Crippen molar-refractivity contribution in [2.45, 2.75) is 0 Å². The van der Waals surface area contributed by atoms with E-state index in [1.807, 2.05) is 12.1 Å². The van der Waals surface area contributed by atoms with Crippen molar-refractivity contribution < 1.29 is 12.8 Å². The van der Waals surface area contributed by atoms with Gasteiger partial charge >= 0.3 is 0 Å². The zero-order chi connectivity index (χ0) is 19.0. The number of sulfonamides is 1. The monoisotopic (exact) mass is 401 g/mol. The van der Waals surface area contributed by atoms with Crippen LogP contribution < -0.4 is 4.72 Å². The molecule has 0 fully saturated rings. The van der Waals surface area contributed by atoms with E-state index in [1.54, 1.807) is 36.4 Å². The highest BCUT2D eigenvalue weighted by molar-refractivity contribution is 7.92. The van der Waals surface area contributed by atoms with Crippen molar-refractivity contribution in [2.24, 2.45) is 0 Å². The van der Waals surface area contributed by atoms with Gasteiger partial charge in [0.25, 0.3) is 5.89 Å². The standard InChI is InChI=1S/C17H12ClN5O3S/c1-27(24,25)23-11-7-3-2-6-10(11)16-21-22-17(26-16)14-15(18)20-13-9-5-4-8-12(13)19-14/h2-9,23H,1H3. The van der Waals surface area contributed by atoms with Crippen molar-refractivity contribution >= 4 is 38.3 Å². The van der Waals surface area contributed by atoms with Gasteiger partial charge < -0.3 is 4.42 Å². The van der Waals surface area contributed by atoms with Crippen molar-refractivity contribution in [1.82, 2.24) is 20.2 Å². The summed E-state index contributed by atoms with van der Waals surface area (Å²) in [4.78, 5) is 8.72. The van der Waals surface area contributed by atoms with Crippen molar-refractivity contribution in [3.05, 3.63) is 53.7 Å². The molecule has 0 spiro atoms. The van der Waals surface area contributed by atoms with Gasteiger partial charge in [0.1, 0.15) is 0 Å². The van der Waals surface area contributed by atoms with Gasteiger partial charge in [-0.15, -0.1) is 10.2 Å². The normalized spacial score (nSPS) is 11.6. The van der Waals surface area contributed by atoms with Crippen LogP contribution in [0, 0.1) is 0 Å². The van der Waals surface area contributed by atoms with E-state index in [1.165, 1.54) is 0 Å². The van der Waals surface area contributed by atoms with Gasteiger partial charge in [-0.05, 0) is 24.3 Å². The molecular formula is C17H12ClN5O3S. The molecule has 0 atom stereocenters. The Morgan fingerprint density at radius 1 is 0.926 bits per heavy atom. The Morgan fingerprint density at radius 2 is 1.56 bits per heavy atom. The minimum Gasteiger partial charge on any atom is -0.414 e. The van der Waals surface area contributed by atoms with Crippen LogP contribution in [-0.2, 0) is 10.0 Å². The van der Waals surface area contributed by atoms with Gasteiger partial charge in [0.15, 0.2) is 10.8 Å². The molecule has 2 aromatic heterocycles. The first kappa shape index (κ1) is 17.4. The number of rotatable bonds is 4. The topological polar surface area (TPSA) is 111 Å². The van der Waals surface area contributed by atoms with Crippen LogP contribution in [0.4, 0.5) is 5.69 Å². The summed E-state index contributed by atoms with van der Waals surface area (Å²) in [7, 11) is -3.47. The summed E-state index contributed by atoms with van der Waals surface area (Å²) in [6.07, 6.45) is 1.06. The molecule has 8 nitrogen and oxygen atoms in total. The first-order chi connectivity index (χ1) is 12.9. The second-order valence-electron chi connectivity index (χ2n) is 5.68. The van der Waals surface area contributed by atoms with Crippen molar-refractivity contribution in [3.8, 4) is 23.0 Å². The van der Waals surface area contributed by atoms with Gasteiger partial charge in [-0.1, -0.05) is 35.9 Å². The molecule has 0 aliphatic heterocycles. The number of fused-ring (bicyclic) bond motifs is 1. The molecule has 0 saturated carbocycles. The SMILES string of the molecule is CS(=O)(=O)Nc1ccccc1-c1nnc(-c2nc3ccccc3nc2Cl)o1. The Morgan fingerprint density at radius 3 is 2.30 bits per heavy atom. The predicted octanol–water partition coefficient (Wildman–Crippen LogP) is 3.37. The number of halogens is 1. The first-order valence-electron chi connectivity index (χ1n) is 7.74. The summed E-state index contributed by atoms with van der Waals surface area (Å²) in [5.74, 6) is 0.213. The third-order valence-electron chi connectivity index (χ3n) is 3.61. The highest BCUT2D eigenvalue weighted by Gasteiger charge is 2.19. The molecule has 0 aliphatic carbocycles. The summed E-state index contributed by atoms with van der Waals surface area (Å²) in [5, 5.41) is 8.11. The maximum atomic E-state index is 11.6. The van der Waals surface area contributed by atoms with E-state index in [0.29, 0.717) is 22.3 Å². The Hall–Kier alpha value is -3.04. The maximum absolute atomic E-state index is 11.6. The van der Waals surface area contributed by atoms with Crippen LogP contribution in [-0.4, -0.2) is 34.8 Å². The molecule has 1 N–H and O–H groups in total. The van der Waals surface area contributed by atoms with Crippen LogP contribution in [0.2, 0.25) is 5.15 Å². The molecule has 136 valence electrons. The van der Waals surface area contributed by atoms with E-state index in [4.69, 9.17) is 16.0 Å². The Labute approximate surface area is 159 Å². The maximum Gasteiger partial charge on any atom is 0.269 e. The number of nitrogens with one attached hydrogen (secondary N) is 1. The number of hydrogen-bond acceptors (Lipinski definition) is 7. The minimum atomic E-state index is -3.47. The number of nitrogens with zero attached hydrogens (tertiary/aromatic N) is 4. The van der Waals surface area contributed by atoms with Crippen LogP contribution in [0.15, 0.2) is 52.9 Å². The molecule has 2 heterocycles. The number of para-hydroxylation sites is 3. The summed E-state index contributed by atoms with van der Waals surface area (Å²) in [6, 6.07) is 14.0. The first-order valence-corrected chi connectivity index (χ1v) is 10.0. The van der Waals surface area contributed by atoms with E-state index >= 15 is 0 Å². The van der Waals surface area contributed by atoms with E-state index in [-0.39, 0.29) is 22.6 Å². The summed E-state index contributed by atoms with van der Waals surface area (Å²) in [6.45, 7) is 0. The molecule has 0 saturated heterocycles. The third-order valence-corrected chi connectivity index (χ3v) is 4.46. The van der Waals surface area contributed by atoms with E-state index in [0.717, 1.165) is 6.26 Å². The fourth-order valence-corrected chi connectivity index (χ4v) is 3.29. The molecule has 0 radical (unpaired) electrons. The molecule has 4 aromatic rings. The third kappa shape index (κ3) is 3.60. The second-order valence-corrected chi connectivity index (χ2v) is 7.79. The summed E-state index contributed by atoms with van der Waals surface area (Å²) in [5.41, 5.74) is 2.30. The van der Waals surface area contributed by atoms with Crippen molar-refractivity contribution in [1.29, 1.82) is 0 Å². The van der Waals surface area contributed by atoms with E-state index in [2.05, 4.69) is 24.9 Å². The number of anilines is 1. The van der Waals surface area contributed by atoms with Crippen LogP contribution in [0.5, 0.6) is 0 Å². The molecular weight excluding hydrogens is 390 g/mol. The molecule has 0 aliphatic rings. The summed E-state index contributed by atoms with van der Waals surface area (Å²) >= 11 is 6.22. The lowest BCUT2D eigenvalue weighted by atomic mass is 10.2. The number of benzene rings is 2. The van der Waals surface area contributed by atoms with E-state index in [9.17, 15) is 8.42 Å². The quantitative estimate of drug-likeness (QED) is 0.558. The van der Waals surface area contributed by atoms with Crippen LogP contribution in [0.1, 0.15) is 0 Å². The zero-order valence-electron chi connectivity index (χ0n) is 13.9. The Bertz CT molecular complexity index is 1260. The van der Waals surface area contributed by atoms with Gasteiger partial charge in [-0.25, -0.2) is 18.4 Å². The molecule has 0 bridgehead atoms. The van der Waals surface area contributed by atoms with Gasteiger partial charge in [0.2, 0.25) is 15.9 Å². The van der Waals surface area contributed by atoms with Crippen LogP contribution in [0.25, 0.3) is 34.1 Å². The fraction of sp³-hybridized carbons (Fsp3) is 0.0588. The predicted molar refractivity (Wildman–Crippen MR) is 102 cm³/mol.